The van der Waals surface area contributed by atoms with Crippen molar-refractivity contribution in [2.24, 2.45) is 7.05 Å². The van der Waals surface area contributed by atoms with Crippen LogP contribution in [0.15, 0.2) is 0 Å². The number of hydrogen-bond donors (Lipinski definition) is 1. The molecule has 0 amide bonds. The van der Waals surface area contributed by atoms with Crippen LogP contribution in [0.25, 0.3) is 0 Å². The number of aromatic nitrogens is 2. The van der Waals surface area contributed by atoms with E-state index in [0.29, 0.717) is 24.4 Å². The second-order valence-electron chi connectivity index (χ2n) is 3.65. The number of nitrogens with one attached hydrogen (secondary N) is 1. The Bertz CT molecular complexity index is 459. The molecule has 1 aromatic heterocycles. The van der Waals surface area contributed by atoms with Gasteiger partial charge in [-0.2, -0.15) is 5.10 Å². The van der Waals surface area contributed by atoms with Crippen LogP contribution < -0.4 is 5.32 Å². The van der Waals surface area contributed by atoms with Crippen molar-refractivity contribution in [2.75, 3.05) is 5.32 Å². The molecule has 0 aliphatic heterocycles. The quantitative estimate of drug-likeness (QED) is 0.480. The van der Waals surface area contributed by atoms with E-state index in [1.807, 2.05) is 13.8 Å². The van der Waals surface area contributed by atoms with Crippen molar-refractivity contribution in [1.82, 2.24) is 9.78 Å². The van der Waals surface area contributed by atoms with Crippen LogP contribution in [0.5, 0.6) is 0 Å². The van der Waals surface area contributed by atoms with E-state index in [4.69, 9.17) is 6.42 Å². The molecule has 0 radical (unpaired) electrons. The molecule has 6 heteroatoms. The molecule has 1 atom stereocenters. The van der Waals surface area contributed by atoms with Gasteiger partial charge in [0.25, 0.3) is 0 Å². The topological polar surface area (TPSA) is 73.0 Å². The van der Waals surface area contributed by atoms with Gasteiger partial charge >= 0.3 is 5.69 Å². The predicted octanol–water partition coefficient (Wildman–Crippen LogP) is 1.71. The highest BCUT2D eigenvalue weighted by Crippen LogP contribution is 2.29. The van der Waals surface area contributed by atoms with Crippen LogP contribution >= 0.6 is 0 Å². The van der Waals surface area contributed by atoms with Crippen molar-refractivity contribution < 1.29 is 4.92 Å². The van der Waals surface area contributed by atoms with Crippen molar-refractivity contribution in [3.8, 4) is 12.3 Å². The Kier molecular flexibility index (Phi) is 4.10. The molecule has 0 aliphatic rings. The van der Waals surface area contributed by atoms with Crippen LogP contribution in [0.3, 0.4) is 0 Å². The highest BCUT2D eigenvalue weighted by atomic mass is 16.6. The van der Waals surface area contributed by atoms with Gasteiger partial charge in [0.05, 0.1) is 11.0 Å². The summed E-state index contributed by atoms with van der Waals surface area (Å²) in [4.78, 5) is 10.6. The van der Waals surface area contributed by atoms with Crippen LogP contribution in [-0.4, -0.2) is 20.7 Å². The van der Waals surface area contributed by atoms with Gasteiger partial charge in [-0.3, -0.25) is 10.1 Å². The first kappa shape index (κ1) is 13.0. The minimum absolute atomic E-state index is 0.0173. The first-order chi connectivity index (χ1) is 8.04. The number of nitro groups is 1. The van der Waals surface area contributed by atoms with Gasteiger partial charge in [0.2, 0.25) is 5.82 Å². The van der Waals surface area contributed by atoms with E-state index >= 15 is 0 Å². The third-order valence-electron chi connectivity index (χ3n) is 2.53. The van der Waals surface area contributed by atoms with E-state index in [0.717, 1.165) is 0 Å². The van der Waals surface area contributed by atoms with Gasteiger partial charge in [-0.15, -0.1) is 6.42 Å². The standard InChI is InChI=1S/C11H16N4O2/c1-5-8(6-2)12-11-10(15(16)17)9(7-3)13-14(11)4/h1,8,12H,6-7H2,2-4H3. The van der Waals surface area contributed by atoms with Gasteiger partial charge in [-0.1, -0.05) is 19.8 Å². The molecule has 0 saturated heterocycles. The van der Waals surface area contributed by atoms with Gasteiger partial charge < -0.3 is 5.32 Å². The fourth-order valence-corrected chi connectivity index (χ4v) is 1.59. The molecular weight excluding hydrogens is 220 g/mol. The van der Waals surface area contributed by atoms with Crippen LogP contribution in [-0.2, 0) is 13.5 Å². The number of aryl methyl sites for hydroxylation is 2. The van der Waals surface area contributed by atoms with Gasteiger partial charge in [-0.05, 0) is 12.8 Å². The second kappa shape index (κ2) is 5.34. The average Bonchev–Trinajstić information content (AvgIpc) is 2.62. The summed E-state index contributed by atoms with van der Waals surface area (Å²) in [5.74, 6) is 2.92. The Labute approximate surface area is 100 Å². The zero-order valence-electron chi connectivity index (χ0n) is 10.2. The smallest absolute Gasteiger partial charge is 0.334 e. The van der Waals surface area contributed by atoms with E-state index < -0.39 is 4.92 Å². The third kappa shape index (κ3) is 2.56. The summed E-state index contributed by atoms with van der Waals surface area (Å²) in [5.41, 5.74) is 0.482. The number of nitrogens with zero attached hydrogens (tertiary/aromatic N) is 3. The summed E-state index contributed by atoms with van der Waals surface area (Å²) in [6.07, 6.45) is 6.54. The summed E-state index contributed by atoms with van der Waals surface area (Å²) in [5, 5.41) is 18.1. The Morgan fingerprint density at radius 1 is 1.65 bits per heavy atom. The van der Waals surface area contributed by atoms with E-state index in [9.17, 15) is 10.1 Å². The minimum atomic E-state index is -0.419. The summed E-state index contributed by atoms with van der Waals surface area (Å²) >= 11 is 0. The maximum absolute atomic E-state index is 11.0. The highest BCUT2D eigenvalue weighted by Gasteiger charge is 2.26. The van der Waals surface area contributed by atoms with Gasteiger partial charge in [0, 0.05) is 7.05 Å². The lowest BCUT2D eigenvalue weighted by atomic mass is 10.2. The van der Waals surface area contributed by atoms with E-state index in [2.05, 4.69) is 16.3 Å². The molecule has 1 aromatic rings. The van der Waals surface area contributed by atoms with Gasteiger partial charge in [0.15, 0.2) is 0 Å². The SMILES string of the molecule is C#CC(CC)Nc1c([N+](=O)[O-])c(CC)nn1C. The lowest BCUT2D eigenvalue weighted by Gasteiger charge is -2.11. The number of terminal acetylenes is 1. The molecule has 1 N–H and O–H groups in total. The molecule has 6 nitrogen and oxygen atoms in total. The van der Waals surface area contributed by atoms with E-state index in [1.165, 1.54) is 4.68 Å². The Hall–Kier alpha value is -2.03. The normalized spacial score (nSPS) is 11.9. The van der Waals surface area contributed by atoms with Crippen molar-refractivity contribution in [3.05, 3.63) is 15.8 Å². The monoisotopic (exact) mass is 236 g/mol. The van der Waals surface area contributed by atoms with Crippen LogP contribution in [0.1, 0.15) is 26.0 Å². The maximum Gasteiger partial charge on any atom is 0.334 e. The lowest BCUT2D eigenvalue weighted by Crippen LogP contribution is -2.18. The first-order valence-corrected chi connectivity index (χ1v) is 5.48. The Morgan fingerprint density at radius 2 is 2.29 bits per heavy atom. The van der Waals surface area contributed by atoms with E-state index in [-0.39, 0.29) is 11.7 Å². The molecule has 0 saturated carbocycles. The van der Waals surface area contributed by atoms with Crippen molar-refractivity contribution in [3.63, 3.8) is 0 Å². The third-order valence-corrected chi connectivity index (χ3v) is 2.53. The van der Waals surface area contributed by atoms with Crippen molar-refractivity contribution in [2.45, 2.75) is 32.7 Å². The molecule has 0 bridgehead atoms. The van der Waals surface area contributed by atoms with Gasteiger partial charge in [0.1, 0.15) is 5.69 Å². The molecule has 0 aliphatic carbocycles. The maximum atomic E-state index is 11.0. The fraction of sp³-hybridized carbons (Fsp3) is 0.545. The molecule has 17 heavy (non-hydrogen) atoms. The molecule has 0 spiro atoms. The first-order valence-electron chi connectivity index (χ1n) is 5.48. The second-order valence-corrected chi connectivity index (χ2v) is 3.65. The Morgan fingerprint density at radius 3 is 2.71 bits per heavy atom. The van der Waals surface area contributed by atoms with Crippen LogP contribution in [0.2, 0.25) is 0 Å². The fourth-order valence-electron chi connectivity index (χ4n) is 1.59. The summed E-state index contributed by atoms with van der Waals surface area (Å²) in [7, 11) is 1.66. The molecule has 92 valence electrons. The van der Waals surface area contributed by atoms with Crippen molar-refractivity contribution >= 4 is 11.5 Å². The molecule has 0 fully saturated rings. The highest BCUT2D eigenvalue weighted by molar-refractivity contribution is 5.60. The molecule has 1 rings (SSSR count). The average molecular weight is 236 g/mol. The largest absolute Gasteiger partial charge is 0.351 e. The zero-order chi connectivity index (χ0) is 13.0. The van der Waals surface area contributed by atoms with Gasteiger partial charge in [-0.25, -0.2) is 4.68 Å². The number of anilines is 1. The number of rotatable bonds is 5. The lowest BCUT2D eigenvalue weighted by molar-refractivity contribution is -0.384. The van der Waals surface area contributed by atoms with Crippen molar-refractivity contribution in [1.29, 1.82) is 0 Å². The molecule has 1 heterocycles. The summed E-state index contributed by atoms with van der Waals surface area (Å²) < 4.78 is 1.47. The van der Waals surface area contributed by atoms with Crippen LogP contribution in [0, 0.1) is 22.5 Å². The molecule has 1 unspecified atom stereocenters. The minimum Gasteiger partial charge on any atom is -0.351 e. The van der Waals surface area contributed by atoms with E-state index in [1.54, 1.807) is 7.05 Å². The Balaban J connectivity index is 3.18. The molecular formula is C11H16N4O2. The summed E-state index contributed by atoms with van der Waals surface area (Å²) in [6.45, 7) is 3.75. The van der Waals surface area contributed by atoms with Crippen LogP contribution in [0.4, 0.5) is 11.5 Å². The number of hydrogen-bond acceptors (Lipinski definition) is 4. The zero-order valence-corrected chi connectivity index (χ0v) is 10.2. The summed E-state index contributed by atoms with van der Waals surface area (Å²) in [6, 6.07) is -0.228. The predicted molar refractivity (Wildman–Crippen MR) is 65.8 cm³/mol. The molecule has 0 aromatic carbocycles.